The van der Waals surface area contributed by atoms with Crippen LogP contribution in [-0.2, 0) is 4.79 Å². The minimum Gasteiger partial charge on any atom is -0.508 e. The molecule has 1 aromatic carbocycles. The highest BCUT2D eigenvalue weighted by atomic mass is 32.2. The summed E-state index contributed by atoms with van der Waals surface area (Å²) >= 11 is 1.35. The van der Waals surface area contributed by atoms with Crippen LogP contribution < -0.4 is 0 Å². The number of rotatable bonds is 4. The zero-order valence-corrected chi connectivity index (χ0v) is 15.5. The molecule has 25 heavy (non-hydrogen) atoms. The number of likely N-dealkylation sites (tertiary alicyclic amines) is 1. The fourth-order valence-electron chi connectivity index (χ4n) is 3.28. The van der Waals surface area contributed by atoms with Crippen molar-refractivity contribution in [3.8, 4) is 11.4 Å². The van der Waals surface area contributed by atoms with Crippen molar-refractivity contribution in [1.82, 2.24) is 25.1 Å². The summed E-state index contributed by atoms with van der Waals surface area (Å²) in [4.78, 5) is 14.9. The van der Waals surface area contributed by atoms with Crippen LogP contribution in [0.25, 0.3) is 5.69 Å². The van der Waals surface area contributed by atoms with Crippen molar-refractivity contribution in [2.45, 2.75) is 62.5 Å². The number of thioether (sulfide) groups is 1. The van der Waals surface area contributed by atoms with Crippen molar-refractivity contribution in [3.05, 3.63) is 24.3 Å². The quantitative estimate of drug-likeness (QED) is 0.843. The molecule has 3 atom stereocenters. The Bertz CT molecular complexity index is 723. The number of amides is 1. The first-order valence-corrected chi connectivity index (χ1v) is 9.42. The van der Waals surface area contributed by atoms with Crippen molar-refractivity contribution in [2.75, 3.05) is 0 Å². The normalized spacial score (nSPS) is 22.0. The molecule has 8 heteroatoms. The van der Waals surface area contributed by atoms with Gasteiger partial charge in [-0.25, -0.2) is 0 Å². The van der Waals surface area contributed by atoms with Gasteiger partial charge in [-0.2, -0.15) is 4.68 Å². The summed E-state index contributed by atoms with van der Waals surface area (Å²) in [5, 5.41) is 21.5. The second kappa shape index (κ2) is 7.43. The average molecular weight is 361 g/mol. The first kappa shape index (κ1) is 17.7. The second-order valence-corrected chi connectivity index (χ2v) is 7.83. The van der Waals surface area contributed by atoms with E-state index in [0.717, 1.165) is 18.5 Å². The molecule has 0 spiro atoms. The SMILES string of the molecule is C[C@@H]1CCC[C@H](C)N1C(=O)[C@@H](C)Sc1nnnn1-c1ccc(O)cc1. The van der Waals surface area contributed by atoms with Crippen LogP contribution in [0.5, 0.6) is 5.75 Å². The standard InChI is InChI=1S/C17H23N5O2S/c1-11-5-4-6-12(2)21(11)16(24)13(3)25-17-18-19-20-22(17)14-7-9-15(23)10-8-14/h7-13,23H,4-6H2,1-3H3/t11-,12+,13-/m1/s1. The molecule has 0 radical (unpaired) electrons. The third-order valence-corrected chi connectivity index (χ3v) is 5.63. The molecule has 1 saturated heterocycles. The van der Waals surface area contributed by atoms with Crippen LogP contribution in [0.15, 0.2) is 29.4 Å². The number of carbonyl (C=O) groups is 1. The molecule has 0 unspecified atom stereocenters. The van der Waals surface area contributed by atoms with Crippen LogP contribution in [0.4, 0.5) is 0 Å². The number of hydrogen-bond donors (Lipinski definition) is 1. The van der Waals surface area contributed by atoms with Gasteiger partial charge in [-0.05, 0) is 74.7 Å². The summed E-state index contributed by atoms with van der Waals surface area (Å²) in [6.07, 6.45) is 3.28. The lowest BCUT2D eigenvalue weighted by Crippen LogP contribution is -2.50. The largest absolute Gasteiger partial charge is 0.508 e. The lowest BCUT2D eigenvalue weighted by molar-refractivity contribution is -0.136. The zero-order chi connectivity index (χ0) is 18.0. The van der Waals surface area contributed by atoms with Crippen LogP contribution >= 0.6 is 11.8 Å². The number of hydrogen-bond acceptors (Lipinski definition) is 6. The number of carbonyl (C=O) groups excluding carboxylic acids is 1. The number of piperidine rings is 1. The summed E-state index contributed by atoms with van der Waals surface area (Å²) < 4.78 is 1.58. The Balaban J connectivity index is 1.75. The van der Waals surface area contributed by atoms with Gasteiger partial charge in [0, 0.05) is 12.1 Å². The highest BCUT2D eigenvalue weighted by Gasteiger charge is 2.32. The first-order valence-electron chi connectivity index (χ1n) is 8.54. The molecule has 2 heterocycles. The van der Waals surface area contributed by atoms with Gasteiger partial charge in [-0.3, -0.25) is 4.79 Å². The number of aromatic hydroxyl groups is 1. The molecular weight excluding hydrogens is 338 g/mol. The van der Waals surface area contributed by atoms with Crippen LogP contribution in [0.3, 0.4) is 0 Å². The number of tetrazole rings is 1. The predicted molar refractivity (Wildman–Crippen MR) is 95.8 cm³/mol. The average Bonchev–Trinajstić information content (AvgIpc) is 3.03. The lowest BCUT2D eigenvalue weighted by atomic mass is 9.97. The Morgan fingerprint density at radius 1 is 1.24 bits per heavy atom. The van der Waals surface area contributed by atoms with Crippen molar-refractivity contribution in [2.24, 2.45) is 0 Å². The van der Waals surface area contributed by atoms with E-state index in [-0.39, 0.29) is 29.0 Å². The summed E-state index contributed by atoms with van der Waals surface area (Å²) in [7, 11) is 0. The highest BCUT2D eigenvalue weighted by Crippen LogP contribution is 2.29. The summed E-state index contributed by atoms with van der Waals surface area (Å²) in [6, 6.07) is 7.17. The van der Waals surface area contributed by atoms with Gasteiger partial charge in [0.25, 0.3) is 0 Å². The van der Waals surface area contributed by atoms with E-state index in [2.05, 4.69) is 29.4 Å². The number of nitrogens with zero attached hydrogens (tertiary/aromatic N) is 5. The molecule has 3 rings (SSSR count). The molecule has 1 N–H and O–H groups in total. The maximum atomic E-state index is 12.9. The summed E-state index contributed by atoms with van der Waals surface area (Å²) in [5.41, 5.74) is 0.740. The van der Waals surface area contributed by atoms with E-state index in [9.17, 15) is 9.90 Å². The van der Waals surface area contributed by atoms with Gasteiger partial charge in [0.05, 0.1) is 10.9 Å². The lowest BCUT2D eigenvalue weighted by Gasteiger charge is -2.40. The molecule has 1 amide bonds. The fourth-order valence-corrected chi connectivity index (χ4v) is 4.15. The number of benzene rings is 1. The minimum absolute atomic E-state index is 0.130. The van der Waals surface area contributed by atoms with Gasteiger partial charge >= 0.3 is 0 Å². The molecule has 0 aliphatic carbocycles. The van der Waals surface area contributed by atoms with Crippen LogP contribution in [-0.4, -0.2) is 53.5 Å². The van der Waals surface area contributed by atoms with Gasteiger partial charge in [0.1, 0.15) is 5.75 Å². The van der Waals surface area contributed by atoms with Crippen molar-refractivity contribution in [1.29, 1.82) is 0 Å². The summed E-state index contributed by atoms with van der Waals surface area (Å²) in [5.74, 6) is 0.313. The molecule has 1 aromatic heterocycles. The smallest absolute Gasteiger partial charge is 0.236 e. The predicted octanol–water partition coefficient (Wildman–Crippen LogP) is 2.64. The Morgan fingerprint density at radius 3 is 2.52 bits per heavy atom. The molecule has 1 aliphatic heterocycles. The number of phenols is 1. The third-order valence-electron chi connectivity index (χ3n) is 4.61. The maximum Gasteiger partial charge on any atom is 0.236 e. The first-order chi connectivity index (χ1) is 12.0. The Labute approximate surface area is 151 Å². The highest BCUT2D eigenvalue weighted by molar-refractivity contribution is 8.00. The Morgan fingerprint density at radius 2 is 1.88 bits per heavy atom. The van der Waals surface area contributed by atoms with E-state index in [0.29, 0.717) is 5.16 Å². The van der Waals surface area contributed by atoms with Crippen molar-refractivity contribution in [3.63, 3.8) is 0 Å². The maximum absolute atomic E-state index is 12.9. The van der Waals surface area contributed by atoms with Gasteiger partial charge in [0.2, 0.25) is 11.1 Å². The van der Waals surface area contributed by atoms with E-state index in [4.69, 9.17) is 0 Å². The van der Waals surface area contributed by atoms with E-state index >= 15 is 0 Å². The van der Waals surface area contributed by atoms with E-state index in [1.807, 2.05) is 11.8 Å². The number of phenolic OH excluding ortho intramolecular Hbond substituents is 1. The van der Waals surface area contributed by atoms with Gasteiger partial charge in [0.15, 0.2) is 0 Å². The Hall–Kier alpha value is -2.09. The van der Waals surface area contributed by atoms with Gasteiger partial charge < -0.3 is 10.0 Å². The Kier molecular flexibility index (Phi) is 5.27. The molecule has 7 nitrogen and oxygen atoms in total. The van der Waals surface area contributed by atoms with Crippen LogP contribution in [0.1, 0.15) is 40.0 Å². The van der Waals surface area contributed by atoms with Crippen molar-refractivity contribution >= 4 is 17.7 Å². The summed E-state index contributed by atoms with van der Waals surface area (Å²) in [6.45, 7) is 6.13. The van der Waals surface area contributed by atoms with Crippen molar-refractivity contribution < 1.29 is 9.90 Å². The molecule has 1 fully saturated rings. The monoisotopic (exact) mass is 361 g/mol. The van der Waals surface area contributed by atoms with Gasteiger partial charge in [-0.1, -0.05) is 11.8 Å². The van der Waals surface area contributed by atoms with Crippen LogP contribution in [0.2, 0.25) is 0 Å². The van der Waals surface area contributed by atoms with E-state index in [1.54, 1.807) is 28.9 Å². The molecule has 134 valence electrons. The third kappa shape index (κ3) is 3.78. The molecule has 0 saturated carbocycles. The zero-order valence-electron chi connectivity index (χ0n) is 14.7. The van der Waals surface area contributed by atoms with Gasteiger partial charge in [-0.15, -0.1) is 5.10 Å². The number of aromatic nitrogens is 4. The fraction of sp³-hybridized carbons (Fsp3) is 0.529. The molecule has 0 bridgehead atoms. The van der Waals surface area contributed by atoms with Crippen LogP contribution in [0, 0.1) is 0 Å². The topological polar surface area (TPSA) is 84.1 Å². The molecular formula is C17H23N5O2S. The molecule has 1 aliphatic rings. The molecule has 2 aromatic rings. The minimum atomic E-state index is -0.273. The second-order valence-electron chi connectivity index (χ2n) is 6.52. The van der Waals surface area contributed by atoms with E-state index in [1.165, 1.54) is 18.2 Å². The van der Waals surface area contributed by atoms with E-state index < -0.39 is 0 Å².